The molecule has 1 N–H and O–H groups in total. The Morgan fingerprint density at radius 2 is 2.43 bits per heavy atom. The van der Waals surface area contributed by atoms with Crippen LogP contribution in [0.4, 0.5) is 0 Å². The second-order valence-corrected chi connectivity index (χ2v) is 3.40. The summed E-state index contributed by atoms with van der Waals surface area (Å²) < 4.78 is 7.13. The Morgan fingerprint density at radius 3 is 2.93 bits per heavy atom. The van der Waals surface area contributed by atoms with Crippen molar-refractivity contribution in [2.75, 3.05) is 13.7 Å². The Morgan fingerprint density at radius 1 is 1.64 bits per heavy atom. The molecule has 0 saturated carbocycles. The maximum Gasteiger partial charge on any atom is 0.122 e. The minimum Gasteiger partial charge on any atom is -0.383 e. The summed E-state index contributed by atoms with van der Waals surface area (Å²) in [7, 11) is 3.73. The summed E-state index contributed by atoms with van der Waals surface area (Å²) in [5.74, 6) is 1.06. The Labute approximate surface area is 85.3 Å². The minimum atomic E-state index is 0.414. The molecule has 14 heavy (non-hydrogen) atoms. The van der Waals surface area contributed by atoms with Gasteiger partial charge in [-0.2, -0.15) is 0 Å². The van der Waals surface area contributed by atoms with E-state index >= 15 is 0 Å². The van der Waals surface area contributed by atoms with Crippen LogP contribution in [0.25, 0.3) is 0 Å². The van der Waals surface area contributed by atoms with Crippen LogP contribution in [0, 0.1) is 0 Å². The molecule has 0 aliphatic carbocycles. The molecule has 0 radical (unpaired) electrons. The van der Waals surface area contributed by atoms with Crippen molar-refractivity contribution in [3.05, 3.63) is 18.2 Å². The first-order chi connectivity index (χ1) is 6.77. The zero-order valence-electron chi connectivity index (χ0n) is 9.16. The molecule has 1 rings (SSSR count). The van der Waals surface area contributed by atoms with Crippen molar-refractivity contribution in [3.8, 4) is 0 Å². The van der Waals surface area contributed by atoms with Crippen LogP contribution in [-0.4, -0.2) is 29.3 Å². The summed E-state index contributed by atoms with van der Waals surface area (Å²) in [5.41, 5.74) is 0. The van der Waals surface area contributed by atoms with Crippen LogP contribution in [-0.2, 0) is 18.3 Å². The van der Waals surface area contributed by atoms with E-state index < -0.39 is 0 Å². The maximum atomic E-state index is 5.11. The van der Waals surface area contributed by atoms with Crippen molar-refractivity contribution in [3.63, 3.8) is 0 Å². The third kappa shape index (κ3) is 3.12. The summed E-state index contributed by atoms with van der Waals surface area (Å²) in [6, 6.07) is 0.414. The predicted molar refractivity (Wildman–Crippen MR) is 56.0 cm³/mol. The molecule has 1 aromatic rings. The first-order valence-electron chi connectivity index (χ1n) is 4.96. The van der Waals surface area contributed by atoms with Crippen molar-refractivity contribution in [1.29, 1.82) is 0 Å². The average Bonchev–Trinajstić information content (AvgIpc) is 2.59. The van der Waals surface area contributed by atoms with Gasteiger partial charge in [0.1, 0.15) is 5.82 Å². The van der Waals surface area contributed by atoms with E-state index in [1.165, 1.54) is 0 Å². The molecule has 4 nitrogen and oxygen atoms in total. The SMILES string of the molecule is CCC(COC)NCc1nccn1C. The molecule has 0 bridgehead atoms. The second-order valence-electron chi connectivity index (χ2n) is 3.40. The Hall–Kier alpha value is -0.870. The molecule has 0 aliphatic heterocycles. The van der Waals surface area contributed by atoms with Gasteiger partial charge >= 0.3 is 0 Å². The van der Waals surface area contributed by atoms with E-state index in [4.69, 9.17) is 4.74 Å². The van der Waals surface area contributed by atoms with E-state index in [0.29, 0.717) is 6.04 Å². The number of rotatable bonds is 6. The van der Waals surface area contributed by atoms with Crippen LogP contribution in [0.2, 0.25) is 0 Å². The van der Waals surface area contributed by atoms with E-state index in [2.05, 4.69) is 17.2 Å². The third-order valence-corrected chi connectivity index (χ3v) is 2.33. The largest absolute Gasteiger partial charge is 0.383 e. The fourth-order valence-corrected chi connectivity index (χ4v) is 1.32. The molecule has 1 unspecified atom stereocenters. The van der Waals surface area contributed by atoms with Crippen LogP contribution < -0.4 is 5.32 Å². The van der Waals surface area contributed by atoms with Gasteiger partial charge in [-0.3, -0.25) is 0 Å². The van der Waals surface area contributed by atoms with Crippen LogP contribution >= 0.6 is 0 Å². The van der Waals surface area contributed by atoms with E-state index in [9.17, 15) is 0 Å². The zero-order valence-corrected chi connectivity index (χ0v) is 9.16. The molecule has 4 heteroatoms. The van der Waals surface area contributed by atoms with Gasteiger partial charge in [-0.15, -0.1) is 0 Å². The lowest BCUT2D eigenvalue weighted by atomic mass is 10.2. The van der Waals surface area contributed by atoms with Gasteiger partial charge in [0.25, 0.3) is 0 Å². The summed E-state index contributed by atoms with van der Waals surface area (Å²) in [4.78, 5) is 4.24. The predicted octanol–water partition coefficient (Wildman–Crippen LogP) is 0.935. The lowest BCUT2D eigenvalue weighted by Crippen LogP contribution is -2.32. The number of aryl methyl sites for hydroxylation is 1. The smallest absolute Gasteiger partial charge is 0.122 e. The molecule has 1 heterocycles. The van der Waals surface area contributed by atoms with Crippen molar-refractivity contribution in [2.45, 2.75) is 25.9 Å². The second kappa shape index (κ2) is 5.78. The van der Waals surface area contributed by atoms with Gasteiger partial charge in [0.05, 0.1) is 13.2 Å². The van der Waals surface area contributed by atoms with Gasteiger partial charge in [0.2, 0.25) is 0 Å². The number of hydrogen-bond donors (Lipinski definition) is 1. The topological polar surface area (TPSA) is 39.1 Å². The lowest BCUT2D eigenvalue weighted by molar-refractivity contribution is 0.163. The molecule has 0 amide bonds. The average molecular weight is 197 g/mol. The fourth-order valence-electron chi connectivity index (χ4n) is 1.32. The van der Waals surface area contributed by atoms with Crippen LogP contribution in [0.5, 0.6) is 0 Å². The molecule has 0 aromatic carbocycles. The monoisotopic (exact) mass is 197 g/mol. The highest BCUT2D eigenvalue weighted by atomic mass is 16.5. The molecule has 1 atom stereocenters. The van der Waals surface area contributed by atoms with Gasteiger partial charge < -0.3 is 14.6 Å². The van der Waals surface area contributed by atoms with Gasteiger partial charge in [0, 0.05) is 32.6 Å². The first kappa shape index (κ1) is 11.2. The Kier molecular flexibility index (Phi) is 4.62. The highest BCUT2D eigenvalue weighted by Gasteiger charge is 2.06. The number of ether oxygens (including phenoxy) is 1. The highest BCUT2D eigenvalue weighted by Crippen LogP contribution is 1.97. The molecule has 0 fully saturated rings. The minimum absolute atomic E-state index is 0.414. The van der Waals surface area contributed by atoms with Crippen molar-refractivity contribution < 1.29 is 4.74 Å². The highest BCUT2D eigenvalue weighted by molar-refractivity contribution is 4.90. The fraction of sp³-hybridized carbons (Fsp3) is 0.700. The van der Waals surface area contributed by atoms with E-state index in [-0.39, 0.29) is 0 Å². The standard InChI is InChI=1S/C10H19N3O/c1-4-9(8-14-3)12-7-10-11-5-6-13(10)2/h5-6,9,12H,4,7-8H2,1-3H3. The van der Waals surface area contributed by atoms with Crippen LogP contribution in [0.15, 0.2) is 12.4 Å². The summed E-state index contributed by atoms with van der Waals surface area (Å²) in [6.07, 6.45) is 4.83. The molecule has 0 spiro atoms. The number of methoxy groups -OCH3 is 1. The Balaban J connectivity index is 2.35. The third-order valence-electron chi connectivity index (χ3n) is 2.33. The number of nitrogens with one attached hydrogen (secondary N) is 1. The zero-order chi connectivity index (χ0) is 10.4. The van der Waals surface area contributed by atoms with Gasteiger partial charge in [-0.25, -0.2) is 4.98 Å². The molecular formula is C10H19N3O. The van der Waals surface area contributed by atoms with Gasteiger partial charge in [-0.1, -0.05) is 6.92 Å². The number of hydrogen-bond acceptors (Lipinski definition) is 3. The maximum absolute atomic E-state index is 5.11. The van der Waals surface area contributed by atoms with E-state index in [0.717, 1.165) is 25.4 Å². The van der Waals surface area contributed by atoms with Crippen molar-refractivity contribution in [2.24, 2.45) is 7.05 Å². The molecule has 0 saturated heterocycles. The summed E-state index contributed by atoms with van der Waals surface area (Å²) in [6.45, 7) is 3.70. The van der Waals surface area contributed by atoms with Crippen molar-refractivity contribution >= 4 is 0 Å². The summed E-state index contributed by atoms with van der Waals surface area (Å²) in [5, 5.41) is 3.41. The van der Waals surface area contributed by atoms with Crippen LogP contribution in [0.3, 0.4) is 0 Å². The first-order valence-corrected chi connectivity index (χ1v) is 4.96. The van der Waals surface area contributed by atoms with Crippen molar-refractivity contribution in [1.82, 2.24) is 14.9 Å². The summed E-state index contributed by atoms with van der Waals surface area (Å²) >= 11 is 0. The Bertz CT molecular complexity index is 260. The molecule has 1 aromatic heterocycles. The number of aromatic nitrogens is 2. The van der Waals surface area contributed by atoms with Gasteiger partial charge in [0.15, 0.2) is 0 Å². The van der Waals surface area contributed by atoms with Crippen LogP contribution in [0.1, 0.15) is 19.2 Å². The molecule has 80 valence electrons. The lowest BCUT2D eigenvalue weighted by Gasteiger charge is -2.15. The van der Waals surface area contributed by atoms with Gasteiger partial charge in [-0.05, 0) is 6.42 Å². The number of nitrogens with zero attached hydrogens (tertiary/aromatic N) is 2. The number of imidazole rings is 1. The normalized spacial score (nSPS) is 13.1. The van der Waals surface area contributed by atoms with E-state index in [1.807, 2.05) is 24.0 Å². The quantitative estimate of drug-likeness (QED) is 0.737. The van der Waals surface area contributed by atoms with E-state index in [1.54, 1.807) is 7.11 Å². The molecular weight excluding hydrogens is 178 g/mol. The molecule has 0 aliphatic rings.